The molecule has 0 spiro atoms. The average Bonchev–Trinajstić information content (AvgIpc) is 2.16. The number of ether oxygens (including phenoxy) is 1. The van der Waals surface area contributed by atoms with Gasteiger partial charge in [-0.15, -0.1) is 0 Å². The molecule has 7 heteroatoms. The van der Waals surface area contributed by atoms with Crippen molar-refractivity contribution in [2.24, 2.45) is 5.90 Å². The van der Waals surface area contributed by atoms with Gasteiger partial charge in [0.15, 0.2) is 9.84 Å². The second-order valence-corrected chi connectivity index (χ2v) is 5.16. The zero-order chi connectivity index (χ0) is 12.3. The molecule has 0 bridgehead atoms. The molecule has 0 fully saturated rings. The van der Waals surface area contributed by atoms with E-state index in [-0.39, 0.29) is 12.4 Å². The van der Waals surface area contributed by atoms with Gasteiger partial charge in [0.05, 0.1) is 13.7 Å². The fourth-order valence-electron chi connectivity index (χ4n) is 1.25. The van der Waals surface area contributed by atoms with Gasteiger partial charge in [0.2, 0.25) is 0 Å². The minimum absolute atomic E-state index is 0.0653. The van der Waals surface area contributed by atoms with Crippen molar-refractivity contribution in [3.63, 3.8) is 0 Å². The van der Waals surface area contributed by atoms with Crippen LogP contribution >= 0.6 is 0 Å². The zero-order valence-electron chi connectivity index (χ0n) is 8.86. The second kappa shape index (κ2) is 4.77. The Morgan fingerprint density at radius 1 is 1.44 bits per heavy atom. The topological polar surface area (TPSA) is 78.6 Å². The summed E-state index contributed by atoms with van der Waals surface area (Å²) in [5.74, 6) is 4.23. The molecule has 0 radical (unpaired) electrons. The molecule has 0 aromatic heterocycles. The van der Waals surface area contributed by atoms with Crippen molar-refractivity contribution >= 4 is 9.84 Å². The molecule has 0 heterocycles. The normalized spacial score (nSPS) is 11.5. The first-order valence-corrected chi connectivity index (χ1v) is 6.17. The lowest BCUT2D eigenvalue weighted by Gasteiger charge is -2.10. The van der Waals surface area contributed by atoms with Crippen LogP contribution in [0, 0.1) is 5.82 Å². The van der Waals surface area contributed by atoms with Gasteiger partial charge < -0.3 is 4.74 Å². The van der Waals surface area contributed by atoms with Crippen molar-refractivity contribution in [1.82, 2.24) is 0 Å². The van der Waals surface area contributed by atoms with Gasteiger partial charge in [-0.25, -0.2) is 18.7 Å². The Balaban J connectivity index is 3.37. The Kier molecular flexibility index (Phi) is 3.84. The molecule has 0 aliphatic heterocycles. The molecule has 0 unspecified atom stereocenters. The Labute approximate surface area is 92.8 Å². The van der Waals surface area contributed by atoms with Crippen molar-refractivity contribution in [3.05, 3.63) is 23.5 Å². The number of halogens is 1. The summed E-state index contributed by atoms with van der Waals surface area (Å²) in [5, 5.41) is 0. The average molecular weight is 249 g/mol. The van der Waals surface area contributed by atoms with E-state index in [4.69, 9.17) is 10.6 Å². The zero-order valence-corrected chi connectivity index (χ0v) is 9.67. The van der Waals surface area contributed by atoms with Crippen LogP contribution in [0.4, 0.5) is 4.39 Å². The second-order valence-electron chi connectivity index (χ2n) is 3.18. The van der Waals surface area contributed by atoms with E-state index in [9.17, 15) is 12.8 Å². The molecule has 2 N–H and O–H groups in total. The molecule has 0 aliphatic rings. The SMILES string of the molecule is COc1cc(S(C)(=O)=O)c(F)cc1CON. The van der Waals surface area contributed by atoms with E-state index >= 15 is 0 Å². The highest BCUT2D eigenvalue weighted by molar-refractivity contribution is 7.90. The Morgan fingerprint density at radius 3 is 2.50 bits per heavy atom. The number of hydrogen-bond donors (Lipinski definition) is 1. The standard InChI is InChI=1S/C9H12FNO4S/c1-14-8-4-9(16(2,12)13)7(10)3-6(8)5-15-11/h3-4H,5,11H2,1-2H3. The summed E-state index contributed by atoms with van der Waals surface area (Å²) in [6, 6.07) is 2.14. The number of methoxy groups -OCH3 is 1. The molecule has 5 nitrogen and oxygen atoms in total. The molecule has 1 aromatic carbocycles. The van der Waals surface area contributed by atoms with Gasteiger partial charge in [-0.05, 0) is 6.07 Å². The quantitative estimate of drug-likeness (QED) is 0.792. The van der Waals surface area contributed by atoms with Crippen LogP contribution in [0.5, 0.6) is 5.75 Å². The fourth-order valence-corrected chi connectivity index (χ4v) is 1.99. The first kappa shape index (κ1) is 12.9. The van der Waals surface area contributed by atoms with Gasteiger partial charge in [0, 0.05) is 17.9 Å². The number of benzene rings is 1. The molecule has 90 valence electrons. The van der Waals surface area contributed by atoms with Crippen LogP contribution in [0.1, 0.15) is 5.56 Å². The highest BCUT2D eigenvalue weighted by atomic mass is 32.2. The number of rotatable bonds is 4. The molecule has 0 atom stereocenters. The van der Waals surface area contributed by atoms with Crippen molar-refractivity contribution in [2.45, 2.75) is 11.5 Å². The molecule has 0 aliphatic carbocycles. The first-order chi connectivity index (χ1) is 7.40. The summed E-state index contributed by atoms with van der Waals surface area (Å²) in [5.41, 5.74) is 0.343. The summed E-state index contributed by atoms with van der Waals surface area (Å²) in [6.07, 6.45) is 0.921. The van der Waals surface area contributed by atoms with Gasteiger partial charge in [-0.2, -0.15) is 0 Å². The van der Waals surface area contributed by atoms with Crippen molar-refractivity contribution < 1.29 is 22.4 Å². The van der Waals surface area contributed by atoms with Crippen LogP contribution in [0.15, 0.2) is 17.0 Å². The lowest BCUT2D eigenvalue weighted by molar-refractivity contribution is 0.121. The van der Waals surface area contributed by atoms with E-state index in [2.05, 4.69) is 4.84 Å². The molecular weight excluding hydrogens is 237 g/mol. The van der Waals surface area contributed by atoms with E-state index < -0.39 is 20.5 Å². The maximum atomic E-state index is 13.5. The molecule has 0 amide bonds. The van der Waals surface area contributed by atoms with Gasteiger partial charge >= 0.3 is 0 Å². The minimum atomic E-state index is -3.62. The fraction of sp³-hybridized carbons (Fsp3) is 0.333. The number of nitrogens with two attached hydrogens (primary N) is 1. The lowest BCUT2D eigenvalue weighted by atomic mass is 10.2. The van der Waals surface area contributed by atoms with Crippen LogP contribution < -0.4 is 10.6 Å². The van der Waals surface area contributed by atoms with E-state index in [0.29, 0.717) is 5.56 Å². The minimum Gasteiger partial charge on any atom is -0.496 e. The highest BCUT2D eigenvalue weighted by Gasteiger charge is 2.17. The molecular formula is C9H12FNO4S. The van der Waals surface area contributed by atoms with Crippen molar-refractivity contribution in [1.29, 1.82) is 0 Å². The van der Waals surface area contributed by atoms with Crippen LogP contribution in [0.3, 0.4) is 0 Å². The van der Waals surface area contributed by atoms with Crippen molar-refractivity contribution in [3.8, 4) is 5.75 Å². The predicted molar refractivity (Wildman–Crippen MR) is 55.0 cm³/mol. The maximum Gasteiger partial charge on any atom is 0.178 e. The van der Waals surface area contributed by atoms with Crippen LogP contribution in [0.2, 0.25) is 0 Å². The lowest BCUT2D eigenvalue weighted by Crippen LogP contribution is -2.06. The monoisotopic (exact) mass is 249 g/mol. The smallest absolute Gasteiger partial charge is 0.178 e. The molecule has 1 aromatic rings. The van der Waals surface area contributed by atoms with Crippen LogP contribution in [0.25, 0.3) is 0 Å². The van der Waals surface area contributed by atoms with Gasteiger partial charge in [0.25, 0.3) is 0 Å². The Hall–Kier alpha value is -1.18. The summed E-state index contributed by atoms with van der Waals surface area (Å²) >= 11 is 0. The summed E-state index contributed by atoms with van der Waals surface area (Å²) in [4.78, 5) is 3.94. The van der Waals surface area contributed by atoms with Gasteiger partial charge in [-0.1, -0.05) is 0 Å². The summed E-state index contributed by atoms with van der Waals surface area (Å²) < 4.78 is 40.9. The van der Waals surface area contributed by atoms with Crippen LogP contribution in [-0.4, -0.2) is 21.8 Å². The molecule has 1 rings (SSSR count). The van der Waals surface area contributed by atoms with Gasteiger partial charge in [-0.3, -0.25) is 4.84 Å². The highest BCUT2D eigenvalue weighted by Crippen LogP contribution is 2.26. The van der Waals surface area contributed by atoms with E-state index in [1.807, 2.05) is 0 Å². The van der Waals surface area contributed by atoms with Crippen LogP contribution in [-0.2, 0) is 21.3 Å². The molecule has 0 saturated carbocycles. The predicted octanol–water partition coefficient (Wildman–Crippen LogP) is 0.628. The first-order valence-electron chi connectivity index (χ1n) is 4.28. The van der Waals surface area contributed by atoms with E-state index in [0.717, 1.165) is 18.4 Å². The van der Waals surface area contributed by atoms with Crippen molar-refractivity contribution in [2.75, 3.05) is 13.4 Å². The van der Waals surface area contributed by atoms with E-state index in [1.54, 1.807) is 0 Å². The third kappa shape index (κ3) is 2.69. The van der Waals surface area contributed by atoms with Gasteiger partial charge in [0.1, 0.15) is 16.5 Å². The third-order valence-electron chi connectivity index (χ3n) is 1.97. The molecule has 16 heavy (non-hydrogen) atoms. The summed E-state index contributed by atoms with van der Waals surface area (Å²) in [6.45, 7) is -0.0653. The number of hydrogen-bond acceptors (Lipinski definition) is 5. The van der Waals surface area contributed by atoms with E-state index in [1.165, 1.54) is 7.11 Å². The maximum absolute atomic E-state index is 13.5. The molecule has 0 saturated heterocycles. The summed E-state index contributed by atoms with van der Waals surface area (Å²) in [7, 11) is -2.28. The largest absolute Gasteiger partial charge is 0.496 e. The Bertz CT molecular complexity index is 487. The number of sulfone groups is 1. The Morgan fingerprint density at radius 2 is 2.06 bits per heavy atom. The third-order valence-corrected chi connectivity index (χ3v) is 3.09.